The first-order chi connectivity index (χ1) is 11.1. The second kappa shape index (κ2) is 5.96. The molecule has 2 N–H and O–H groups in total. The first-order valence-electron chi connectivity index (χ1n) is 7.12. The molecule has 2 aromatic carbocycles. The van der Waals surface area contributed by atoms with Gasteiger partial charge in [0.15, 0.2) is 0 Å². The van der Waals surface area contributed by atoms with Gasteiger partial charge in [-0.1, -0.05) is 55.1 Å². The largest absolute Gasteiger partial charge is 0.477 e. The minimum Gasteiger partial charge on any atom is -0.477 e. The maximum absolute atomic E-state index is 11.7. The van der Waals surface area contributed by atoms with E-state index in [1.165, 1.54) is 0 Å². The number of aliphatic carboxylic acids is 1. The number of hydrogen-bond acceptors (Lipinski definition) is 3. The molecular formula is C18H15NO4. The monoisotopic (exact) mass is 309 g/mol. The van der Waals surface area contributed by atoms with Crippen molar-refractivity contribution in [2.24, 2.45) is 0 Å². The third-order valence-electron chi connectivity index (χ3n) is 3.85. The molecule has 0 fully saturated rings. The van der Waals surface area contributed by atoms with Crippen LogP contribution in [0.4, 0.5) is 4.79 Å². The van der Waals surface area contributed by atoms with Crippen LogP contribution in [-0.4, -0.2) is 23.8 Å². The summed E-state index contributed by atoms with van der Waals surface area (Å²) in [5.41, 5.74) is 4.04. The van der Waals surface area contributed by atoms with E-state index in [0.717, 1.165) is 22.3 Å². The van der Waals surface area contributed by atoms with Crippen LogP contribution in [0, 0.1) is 0 Å². The maximum atomic E-state index is 11.7. The summed E-state index contributed by atoms with van der Waals surface area (Å²) in [6.07, 6.45) is -0.820. The molecule has 23 heavy (non-hydrogen) atoms. The van der Waals surface area contributed by atoms with Crippen LogP contribution in [0.5, 0.6) is 0 Å². The van der Waals surface area contributed by atoms with E-state index in [9.17, 15) is 9.59 Å². The van der Waals surface area contributed by atoms with Crippen LogP contribution in [0.25, 0.3) is 11.1 Å². The number of carbonyl (C=O) groups excluding carboxylic acids is 1. The molecule has 3 rings (SSSR count). The Kier molecular flexibility index (Phi) is 3.85. The van der Waals surface area contributed by atoms with Gasteiger partial charge in [0.1, 0.15) is 12.3 Å². The van der Waals surface area contributed by atoms with Crippen LogP contribution in [0.1, 0.15) is 17.0 Å². The highest BCUT2D eigenvalue weighted by Gasteiger charge is 2.29. The van der Waals surface area contributed by atoms with Gasteiger partial charge in [0.2, 0.25) is 0 Å². The van der Waals surface area contributed by atoms with Crippen molar-refractivity contribution in [3.05, 3.63) is 71.9 Å². The quantitative estimate of drug-likeness (QED) is 0.851. The smallest absolute Gasteiger partial charge is 0.411 e. The van der Waals surface area contributed by atoms with Crippen molar-refractivity contribution >= 4 is 12.1 Å². The normalized spacial score (nSPS) is 12.2. The number of amides is 1. The lowest BCUT2D eigenvalue weighted by molar-refractivity contribution is -0.133. The minimum absolute atomic E-state index is 0.0637. The molecule has 2 aromatic rings. The van der Waals surface area contributed by atoms with Crippen molar-refractivity contribution in [1.29, 1.82) is 0 Å². The van der Waals surface area contributed by atoms with Gasteiger partial charge in [0, 0.05) is 5.92 Å². The Balaban J connectivity index is 1.77. The van der Waals surface area contributed by atoms with Crippen molar-refractivity contribution < 1.29 is 19.4 Å². The Bertz CT molecular complexity index is 752. The van der Waals surface area contributed by atoms with E-state index in [1.54, 1.807) is 0 Å². The third-order valence-corrected chi connectivity index (χ3v) is 3.85. The predicted octanol–water partition coefficient (Wildman–Crippen LogP) is 3.12. The van der Waals surface area contributed by atoms with Gasteiger partial charge in [0.05, 0.1) is 0 Å². The van der Waals surface area contributed by atoms with Crippen molar-refractivity contribution in [1.82, 2.24) is 5.32 Å². The second-order valence-corrected chi connectivity index (χ2v) is 5.23. The summed E-state index contributed by atoms with van der Waals surface area (Å²) in [6.45, 7) is 3.37. The molecule has 0 saturated carbocycles. The zero-order chi connectivity index (χ0) is 16.4. The summed E-state index contributed by atoms with van der Waals surface area (Å²) < 4.78 is 5.19. The number of ether oxygens (including phenoxy) is 1. The van der Waals surface area contributed by atoms with Crippen molar-refractivity contribution in [2.45, 2.75) is 5.92 Å². The summed E-state index contributed by atoms with van der Waals surface area (Å²) in [5.74, 6) is -1.36. The van der Waals surface area contributed by atoms with Crippen molar-refractivity contribution in [2.75, 3.05) is 6.61 Å². The van der Waals surface area contributed by atoms with E-state index < -0.39 is 17.8 Å². The molecule has 0 radical (unpaired) electrons. The van der Waals surface area contributed by atoms with E-state index in [1.807, 2.05) is 48.5 Å². The van der Waals surface area contributed by atoms with Crippen LogP contribution >= 0.6 is 0 Å². The Morgan fingerprint density at radius 2 is 1.57 bits per heavy atom. The van der Waals surface area contributed by atoms with Crippen LogP contribution in [-0.2, 0) is 9.53 Å². The number of rotatable bonds is 4. The molecule has 0 bridgehead atoms. The van der Waals surface area contributed by atoms with Gasteiger partial charge in [-0.3, -0.25) is 5.32 Å². The number of fused-ring (bicyclic) bond motifs is 3. The number of hydrogen-bond donors (Lipinski definition) is 2. The summed E-state index contributed by atoms with van der Waals surface area (Å²) in [4.78, 5) is 22.3. The standard InChI is InChI=1S/C18H15NO4/c1-11(17(20)21)19-18(22)23-10-16-14-8-4-2-6-12(14)13-7-3-5-9-15(13)16/h2-9,16H,1,10H2,(H,19,22)(H,20,21). The molecule has 1 aliphatic carbocycles. The molecule has 116 valence electrons. The van der Waals surface area contributed by atoms with Gasteiger partial charge in [-0.2, -0.15) is 0 Å². The van der Waals surface area contributed by atoms with Crippen LogP contribution in [0.2, 0.25) is 0 Å². The van der Waals surface area contributed by atoms with Gasteiger partial charge in [-0.25, -0.2) is 9.59 Å². The molecule has 5 heteroatoms. The molecule has 0 unspecified atom stereocenters. The number of alkyl carbamates (subject to hydrolysis) is 1. The molecule has 0 spiro atoms. The van der Waals surface area contributed by atoms with Gasteiger partial charge in [-0.05, 0) is 22.3 Å². The third kappa shape index (κ3) is 2.81. The summed E-state index contributed by atoms with van der Waals surface area (Å²) in [7, 11) is 0. The first kappa shape index (κ1) is 14.8. The second-order valence-electron chi connectivity index (χ2n) is 5.23. The molecule has 0 heterocycles. The molecule has 0 saturated heterocycles. The lowest BCUT2D eigenvalue weighted by Gasteiger charge is -2.14. The Labute approximate surface area is 133 Å². The van der Waals surface area contributed by atoms with Gasteiger partial charge >= 0.3 is 12.1 Å². The average molecular weight is 309 g/mol. The van der Waals surface area contributed by atoms with E-state index >= 15 is 0 Å². The highest BCUT2D eigenvalue weighted by atomic mass is 16.5. The summed E-state index contributed by atoms with van der Waals surface area (Å²) in [6, 6.07) is 16.0. The van der Waals surface area contributed by atoms with Gasteiger partial charge in [-0.15, -0.1) is 0 Å². The zero-order valence-electron chi connectivity index (χ0n) is 12.3. The predicted molar refractivity (Wildman–Crippen MR) is 85.0 cm³/mol. The fraction of sp³-hybridized carbons (Fsp3) is 0.111. The fourth-order valence-corrected chi connectivity index (χ4v) is 2.81. The Morgan fingerprint density at radius 1 is 1.04 bits per heavy atom. The van der Waals surface area contributed by atoms with Crippen LogP contribution in [0.15, 0.2) is 60.8 Å². The molecule has 5 nitrogen and oxygen atoms in total. The van der Waals surface area contributed by atoms with Crippen molar-refractivity contribution in [3.63, 3.8) is 0 Å². The Morgan fingerprint density at radius 3 is 2.09 bits per heavy atom. The van der Waals surface area contributed by atoms with E-state index in [-0.39, 0.29) is 12.5 Å². The van der Waals surface area contributed by atoms with Crippen molar-refractivity contribution in [3.8, 4) is 11.1 Å². The maximum Gasteiger partial charge on any atom is 0.411 e. The average Bonchev–Trinajstić information content (AvgIpc) is 2.87. The number of carbonyl (C=O) groups is 2. The molecular weight excluding hydrogens is 294 g/mol. The molecule has 1 amide bonds. The van der Waals surface area contributed by atoms with Crippen LogP contribution in [0.3, 0.4) is 0 Å². The fourth-order valence-electron chi connectivity index (χ4n) is 2.81. The molecule has 0 aliphatic heterocycles. The topological polar surface area (TPSA) is 75.6 Å². The number of carboxylic acid groups (broad SMARTS) is 1. The molecule has 0 atom stereocenters. The van der Waals surface area contributed by atoms with Crippen LogP contribution < -0.4 is 5.32 Å². The first-order valence-corrected chi connectivity index (χ1v) is 7.12. The highest BCUT2D eigenvalue weighted by Crippen LogP contribution is 2.44. The number of carboxylic acids is 1. The zero-order valence-corrected chi connectivity index (χ0v) is 12.3. The molecule has 0 aromatic heterocycles. The minimum atomic E-state index is -1.29. The van der Waals surface area contributed by atoms with Gasteiger partial charge < -0.3 is 9.84 Å². The van der Waals surface area contributed by atoms with E-state index in [4.69, 9.17) is 9.84 Å². The summed E-state index contributed by atoms with van der Waals surface area (Å²) >= 11 is 0. The molecule has 1 aliphatic rings. The highest BCUT2D eigenvalue weighted by molar-refractivity contribution is 5.90. The summed E-state index contributed by atoms with van der Waals surface area (Å²) in [5, 5.41) is 10.8. The number of nitrogens with one attached hydrogen (secondary N) is 1. The lowest BCUT2D eigenvalue weighted by atomic mass is 9.98. The van der Waals surface area contributed by atoms with E-state index in [0.29, 0.717) is 0 Å². The lowest BCUT2D eigenvalue weighted by Crippen LogP contribution is -2.28. The van der Waals surface area contributed by atoms with E-state index in [2.05, 4.69) is 11.9 Å². The SMILES string of the molecule is C=C(NC(=O)OCC1c2ccccc2-c2ccccc21)C(=O)O. The number of benzene rings is 2. The Hall–Kier alpha value is -3.08. The van der Waals surface area contributed by atoms with Gasteiger partial charge in [0.25, 0.3) is 0 Å².